The summed E-state index contributed by atoms with van der Waals surface area (Å²) in [5, 5.41) is 8.44. The lowest BCUT2D eigenvalue weighted by Gasteiger charge is -2.10. The Balaban J connectivity index is 2.52. The molecule has 92 valence electrons. The number of fused-ring (bicyclic) bond motifs is 1. The summed E-state index contributed by atoms with van der Waals surface area (Å²) >= 11 is 0. The molecule has 6 heteroatoms. The SMILES string of the molecule is CCNc1nc(CN(C)C)nc2c1cnn2C. The number of aromatic nitrogens is 4. The van der Waals surface area contributed by atoms with Gasteiger partial charge in [0.05, 0.1) is 18.1 Å². The van der Waals surface area contributed by atoms with Gasteiger partial charge in [0, 0.05) is 13.6 Å². The number of nitrogens with one attached hydrogen (secondary N) is 1. The van der Waals surface area contributed by atoms with Crippen molar-refractivity contribution < 1.29 is 0 Å². The van der Waals surface area contributed by atoms with Gasteiger partial charge in [-0.05, 0) is 21.0 Å². The van der Waals surface area contributed by atoms with Gasteiger partial charge in [-0.2, -0.15) is 5.10 Å². The highest BCUT2D eigenvalue weighted by Crippen LogP contribution is 2.19. The summed E-state index contributed by atoms with van der Waals surface area (Å²) in [5.41, 5.74) is 0.868. The number of hydrogen-bond donors (Lipinski definition) is 1. The van der Waals surface area contributed by atoms with Gasteiger partial charge in [-0.15, -0.1) is 0 Å². The fraction of sp³-hybridized carbons (Fsp3) is 0.545. The maximum atomic E-state index is 4.53. The van der Waals surface area contributed by atoms with Gasteiger partial charge in [0.1, 0.15) is 11.6 Å². The lowest BCUT2D eigenvalue weighted by molar-refractivity contribution is 0.391. The van der Waals surface area contributed by atoms with Crippen LogP contribution in [0.1, 0.15) is 12.7 Å². The first-order chi connectivity index (χ1) is 8.11. The van der Waals surface area contributed by atoms with Crippen LogP contribution < -0.4 is 5.32 Å². The van der Waals surface area contributed by atoms with Crippen LogP contribution in [0.3, 0.4) is 0 Å². The van der Waals surface area contributed by atoms with Gasteiger partial charge in [0.15, 0.2) is 5.65 Å². The van der Waals surface area contributed by atoms with Gasteiger partial charge in [0.2, 0.25) is 0 Å². The molecule has 6 nitrogen and oxygen atoms in total. The molecule has 17 heavy (non-hydrogen) atoms. The van der Waals surface area contributed by atoms with Crippen LogP contribution >= 0.6 is 0 Å². The third-order valence-corrected chi connectivity index (χ3v) is 2.44. The van der Waals surface area contributed by atoms with Crippen molar-refractivity contribution in [1.29, 1.82) is 0 Å². The summed E-state index contributed by atoms with van der Waals surface area (Å²) < 4.78 is 1.77. The molecule has 0 saturated heterocycles. The molecule has 0 atom stereocenters. The third-order valence-electron chi connectivity index (χ3n) is 2.44. The quantitative estimate of drug-likeness (QED) is 0.850. The zero-order valence-corrected chi connectivity index (χ0v) is 10.7. The summed E-state index contributed by atoms with van der Waals surface area (Å²) in [5.74, 6) is 1.67. The maximum Gasteiger partial charge on any atom is 0.163 e. The Hall–Kier alpha value is -1.69. The predicted octanol–water partition coefficient (Wildman–Crippen LogP) is 0.857. The highest BCUT2D eigenvalue weighted by molar-refractivity contribution is 5.86. The van der Waals surface area contributed by atoms with E-state index in [1.165, 1.54) is 0 Å². The van der Waals surface area contributed by atoms with Gasteiger partial charge in [-0.25, -0.2) is 9.97 Å². The fourth-order valence-corrected chi connectivity index (χ4v) is 1.72. The Morgan fingerprint density at radius 2 is 2.12 bits per heavy atom. The molecule has 1 N–H and O–H groups in total. The Bertz CT molecular complexity index is 516. The summed E-state index contributed by atoms with van der Waals surface area (Å²) in [6.45, 7) is 3.61. The molecule has 0 radical (unpaired) electrons. The lowest BCUT2D eigenvalue weighted by atomic mass is 10.3. The largest absolute Gasteiger partial charge is 0.370 e. The summed E-state index contributed by atoms with van der Waals surface area (Å²) in [6, 6.07) is 0. The Morgan fingerprint density at radius 1 is 1.35 bits per heavy atom. The second kappa shape index (κ2) is 4.67. The fourth-order valence-electron chi connectivity index (χ4n) is 1.72. The molecule has 2 rings (SSSR count). The van der Waals surface area contributed by atoms with E-state index in [1.54, 1.807) is 10.9 Å². The molecule has 0 saturated carbocycles. The molecule has 0 spiro atoms. The first-order valence-electron chi connectivity index (χ1n) is 5.69. The van der Waals surface area contributed by atoms with Crippen molar-refractivity contribution in [2.24, 2.45) is 7.05 Å². The smallest absolute Gasteiger partial charge is 0.163 e. The Morgan fingerprint density at radius 3 is 2.76 bits per heavy atom. The maximum absolute atomic E-state index is 4.53. The minimum atomic E-state index is 0.722. The zero-order valence-electron chi connectivity index (χ0n) is 10.7. The molecule has 0 aliphatic heterocycles. The molecule has 2 aromatic heterocycles. The van der Waals surface area contributed by atoms with Crippen LogP contribution in [0.2, 0.25) is 0 Å². The van der Waals surface area contributed by atoms with E-state index >= 15 is 0 Å². The van der Waals surface area contributed by atoms with E-state index in [4.69, 9.17) is 0 Å². The van der Waals surface area contributed by atoms with Gasteiger partial charge in [0.25, 0.3) is 0 Å². The van der Waals surface area contributed by atoms with Crippen molar-refractivity contribution >= 4 is 16.9 Å². The summed E-state index contributed by atoms with van der Waals surface area (Å²) in [4.78, 5) is 11.1. The molecular weight excluding hydrogens is 216 g/mol. The Kier molecular flexibility index (Phi) is 3.23. The molecule has 0 bridgehead atoms. The van der Waals surface area contributed by atoms with E-state index in [9.17, 15) is 0 Å². The number of aryl methyl sites for hydroxylation is 1. The molecule has 0 aromatic carbocycles. The summed E-state index contributed by atoms with van der Waals surface area (Å²) in [6.07, 6.45) is 1.80. The van der Waals surface area contributed by atoms with Crippen LogP contribution in [0, 0.1) is 0 Å². The Labute approximate surface area is 101 Å². The van der Waals surface area contributed by atoms with Gasteiger partial charge >= 0.3 is 0 Å². The van der Waals surface area contributed by atoms with Crippen molar-refractivity contribution in [3.8, 4) is 0 Å². The van der Waals surface area contributed by atoms with Gasteiger partial charge < -0.3 is 10.2 Å². The molecule has 0 aliphatic rings. The van der Waals surface area contributed by atoms with Crippen molar-refractivity contribution in [1.82, 2.24) is 24.6 Å². The van der Waals surface area contributed by atoms with Crippen LogP contribution in [0.25, 0.3) is 11.0 Å². The van der Waals surface area contributed by atoms with Crippen LogP contribution in [0.5, 0.6) is 0 Å². The second-order valence-corrected chi connectivity index (χ2v) is 4.26. The van der Waals surface area contributed by atoms with Crippen LogP contribution in [-0.2, 0) is 13.6 Å². The summed E-state index contributed by atoms with van der Waals surface area (Å²) in [7, 11) is 5.90. The lowest BCUT2D eigenvalue weighted by Crippen LogP contribution is -2.15. The van der Waals surface area contributed by atoms with Crippen LogP contribution in [-0.4, -0.2) is 45.3 Å². The average Bonchev–Trinajstić information content (AvgIpc) is 2.60. The molecular formula is C11H18N6. The highest BCUT2D eigenvalue weighted by atomic mass is 15.3. The number of hydrogen-bond acceptors (Lipinski definition) is 5. The molecule has 0 amide bonds. The van der Waals surface area contributed by atoms with Crippen molar-refractivity contribution in [2.75, 3.05) is 26.0 Å². The van der Waals surface area contributed by atoms with Crippen molar-refractivity contribution in [2.45, 2.75) is 13.5 Å². The molecule has 2 heterocycles. The van der Waals surface area contributed by atoms with Crippen molar-refractivity contribution in [3.63, 3.8) is 0 Å². The van der Waals surface area contributed by atoms with E-state index in [0.29, 0.717) is 0 Å². The van der Waals surface area contributed by atoms with E-state index < -0.39 is 0 Å². The minimum Gasteiger partial charge on any atom is -0.370 e. The average molecular weight is 234 g/mol. The first kappa shape index (κ1) is 11.8. The van der Waals surface area contributed by atoms with E-state index in [1.807, 2.05) is 26.0 Å². The molecule has 0 unspecified atom stereocenters. The molecule has 0 aliphatic carbocycles. The van der Waals surface area contributed by atoms with Crippen LogP contribution in [0.4, 0.5) is 5.82 Å². The van der Waals surface area contributed by atoms with E-state index in [-0.39, 0.29) is 0 Å². The van der Waals surface area contributed by atoms with Crippen LogP contribution in [0.15, 0.2) is 6.20 Å². The number of nitrogens with zero attached hydrogens (tertiary/aromatic N) is 5. The van der Waals surface area contributed by atoms with Gasteiger partial charge in [-0.3, -0.25) is 4.68 Å². The van der Waals surface area contributed by atoms with Crippen molar-refractivity contribution in [3.05, 3.63) is 12.0 Å². The number of rotatable bonds is 4. The standard InChI is InChI=1S/C11H18N6/c1-5-12-10-8-6-13-17(4)11(8)15-9(14-10)7-16(2)3/h6H,5,7H2,1-4H3,(H,12,14,15). The monoisotopic (exact) mass is 234 g/mol. The first-order valence-corrected chi connectivity index (χ1v) is 5.69. The highest BCUT2D eigenvalue weighted by Gasteiger charge is 2.11. The minimum absolute atomic E-state index is 0.722. The zero-order chi connectivity index (χ0) is 12.4. The van der Waals surface area contributed by atoms with Gasteiger partial charge in [-0.1, -0.05) is 0 Å². The third kappa shape index (κ3) is 2.36. The normalized spacial score (nSPS) is 11.4. The van der Waals surface area contributed by atoms with E-state index in [2.05, 4.69) is 27.3 Å². The molecule has 0 fully saturated rings. The number of anilines is 1. The topological polar surface area (TPSA) is 58.9 Å². The second-order valence-electron chi connectivity index (χ2n) is 4.26. The molecule has 2 aromatic rings. The van der Waals surface area contributed by atoms with E-state index in [0.717, 1.165) is 35.8 Å². The predicted molar refractivity (Wildman–Crippen MR) is 67.9 cm³/mol.